The fourth-order valence-electron chi connectivity index (χ4n) is 1.80. The van der Waals surface area contributed by atoms with Crippen LogP contribution < -0.4 is 10.6 Å². The summed E-state index contributed by atoms with van der Waals surface area (Å²) in [6, 6.07) is 1.73. The number of nitrogens with one attached hydrogen (secondary N) is 2. The van der Waals surface area contributed by atoms with Crippen molar-refractivity contribution in [2.24, 2.45) is 0 Å². The van der Waals surface area contributed by atoms with Gasteiger partial charge in [0, 0.05) is 17.6 Å². The lowest BCUT2D eigenvalue weighted by Gasteiger charge is -2.23. The summed E-state index contributed by atoms with van der Waals surface area (Å²) in [5.41, 5.74) is 0.285. The highest BCUT2D eigenvalue weighted by Gasteiger charge is 2.31. The molecule has 18 heavy (non-hydrogen) atoms. The van der Waals surface area contributed by atoms with Crippen molar-refractivity contribution in [1.82, 2.24) is 10.6 Å². The van der Waals surface area contributed by atoms with Gasteiger partial charge in [-0.2, -0.15) is 11.3 Å². The summed E-state index contributed by atoms with van der Waals surface area (Å²) in [7, 11) is 0. The molecule has 0 bridgehead atoms. The maximum Gasteiger partial charge on any atom is 0.252 e. The van der Waals surface area contributed by atoms with E-state index >= 15 is 0 Å². The van der Waals surface area contributed by atoms with Gasteiger partial charge in [0.15, 0.2) is 0 Å². The van der Waals surface area contributed by atoms with Crippen molar-refractivity contribution in [3.63, 3.8) is 0 Å². The average Bonchev–Trinajstić information content (AvgIpc) is 2.97. The molecule has 0 radical (unpaired) electrons. The number of amides is 2. The van der Waals surface area contributed by atoms with Crippen molar-refractivity contribution in [3.05, 3.63) is 22.4 Å². The van der Waals surface area contributed by atoms with Crippen LogP contribution in [0.4, 0.5) is 0 Å². The molecule has 2 rings (SSSR count). The van der Waals surface area contributed by atoms with Crippen LogP contribution in [0.5, 0.6) is 0 Å². The van der Waals surface area contributed by atoms with Gasteiger partial charge in [0.1, 0.15) is 0 Å². The molecule has 5 nitrogen and oxygen atoms in total. The van der Waals surface area contributed by atoms with Crippen LogP contribution >= 0.6 is 11.3 Å². The molecule has 2 amide bonds. The van der Waals surface area contributed by atoms with Gasteiger partial charge in [0.25, 0.3) is 5.91 Å². The summed E-state index contributed by atoms with van der Waals surface area (Å²) < 4.78 is 5.24. The molecule has 1 aromatic heterocycles. The van der Waals surface area contributed by atoms with E-state index in [-0.39, 0.29) is 23.9 Å². The maximum absolute atomic E-state index is 11.7. The highest BCUT2D eigenvalue weighted by atomic mass is 32.1. The van der Waals surface area contributed by atoms with Crippen molar-refractivity contribution in [3.8, 4) is 0 Å². The van der Waals surface area contributed by atoms with Crippen molar-refractivity contribution in [1.29, 1.82) is 0 Å². The van der Waals surface area contributed by atoms with Gasteiger partial charge in [-0.1, -0.05) is 0 Å². The van der Waals surface area contributed by atoms with E-state index in [2.05, 4.69) is 10.6 Å². The molecule has 1 unspecified atom stereocenters. The van der Waals surface area contributed by atoms with Gasteiger partial charge in [-0.05, 0) is 24.8 Å². The highest BCUT2D eigenvalue weighted by Crippen LogP contribution is 2.16. The molecule has 2 N–H and O–H groups in total. The van der Waals surface area contributed by atoms with Crippen LogP contribution in [0.3, 0.4) is 0 Å². The zero-order valence-electron chi connectivity index (χ0n) is 10.2. The second-order valence-corrected chi connectivity index (χ2v) is 5.39. The second kappa shape index (κ2) is 5.49. The summed E-state index contributed by atoms with van der Waals surface area (Å²) in [5.74, 6) is -0.411. The predicted molar refractivity (Wildman–Crippen MR) is 68.6 cm³/mol. The van der Waals surface area contributed by atoms with Gasteiger partial charge in [-0.3, -0.25) is 9.59 Å². The molecule has 98 valence electrons. The average molecular weight is 268 g/mol. The molecule has 6 heteroatoms. The third kappa shape index (κ3) is 3.30. The van der Waals surface area contributed by atoms with Gasteiger partial charge >= 0.3 is 0 Å². The van der Waals surface area contributed by atoms with E-state index in [1.165, 1.54) is 11.3 Å². The number of carbonyl (C=O) groups is 2. The summed E-state index contributed by atoms with van der Waals surface area (Å²) in [6.45, 7) is 3.12. The fraction of sp³-hybridized carbons (Fsp3) is 0.500. The first-order valence-corrected chi connectivity index (χ1v) is 6.72. The quantitative estimate of drug-likeness (QED) is 0.847. The summed E-state index contributed by atoms with van der Waals surface area (Å²) >= 11 is 1.45. The number of hydrogen-bond donors (Lipinski definition) is 2. The summed E-state index contributed by atoms with van der Waals surface area (Å²) in [5, 5.41) is 9.05. The maximum atomic E-state index is 11.7. The molecule has 0 spiro atoms. The van der Waals surface area contributed by atoms with E-state index in [0.717, 1.165) is 6.42 Å². The molecular formula is C12H16N2O3S. The molecular weight excluding hydrogens is 252 g/mol. The van der Waals surface area contributed by atoms with E-state index in [4.69, 9.17) is 4.74 Å². The first kappa shape index (κ1) is 13.0. The van der Waals surface area contributed by atoms with Gasteiger partial charge in [-0.15, -0.1) is 0 Å². The van der Waals surface area contributed by atoms with Crippen LogP contribution in [0.25, 0.3) is 0 Å². The predicted octanol–water partition coefficient (Wildman–Crippen LogP) is 0.773. The number of hydrogen-bond acceptors (Lipinski definition) is 4. The molecule has 0 aliphatic carbocycles. The topological polar surface area (TPSA) is 67.4 Å². The van der Waals surface area contributed by atoms with Gasteiger partial charge in [0.2, 0.25) is 5.91 Å². The molecule has 1 saturated heterocycles. The first-order chi connectivity index (χ1) is 8.59. The van der Waals surface area contributed by atoms with Crippen molar-refractivity contribution in [2.45, 2.75) is 18.9 Å². The molecule has 0 aromatic carbocycles. The zero-order chi connectivity index (χ0) is 13.0. The molecule has 0 saturated carbocycles. The van der Waals surface area contributed by atoms with E-state index < -0.39 is 0 Å². The first-order valence-electron chi connectivity index (χ1n) is 5.78. The Morgan fingerprint density at radius 1 is 1.56 bits per heavy atom. The third-order valence-corrected chi connectivity index (χ3v) is 3.54. The second-order valence-electron chi connectivity index (χ2n) is 4.61. The Morgan fingerprint density at radius 3 is 3.00 bits per heavy atom. The highest BCUT2D eigenvalue weighted by molar-refractivity contribution is 7.08. The monoisotopic (exact) mass is 268 g/mol. The molecule has 1 atom stereocenters. The summed E-state index contributed by atoms with van der Waals surface area (Å²) in [6.07, 6.45) is 0.803. The minimum absolute atomic E-state index is 0.00965. The lowest BCUT2D eigenvalue weighted by atomic mass is 10.0. The molecule has 1 aromatic rings. The largest absolute Gasteiger partial charge is 0.379 e. The SMILES string of the molecule is CC1(NC(=O)CNC(=O)c2ccsc2)CCOC1. The number of carbonyl (C=O) groups excluding carboxylic acids is 2. The fourth-order valence-corrected chi connectivity index (χ4v) is 2.44. The number of rotatable bonds is 4. The van der Waals surface area contributed by atoms with Crippen molar-refractivity contribution >= 4 is 23.2 Å². The van der Waals surface area contributed by atoms with Crippen LogP contribution in [0.1, 0.15) is 23.7 Å². The standard InChI is InChI=1S/C12H16N2O3S/c1-12(3-4-17-8-12)14-10(15)6-13-11(16)9-2-5-18-7-9/h2,5,7H,3-4,6,8H2,1H3,(H,13,16)(H,14,15). The number of ether oxygens (including phenoxy) is 1. The molecule has 1 fully saturated rings. The van der Waals surface area contributed by atoms with Gasteiger partial charge in [0.05, 0.1) is 18.7 Å². The van der Waals surface area contributed by atoms with E-state index in [1.54, 1.807) is 11.4 Å². The Morgan fingerprint density at radius 2 is 2.39 bits per heavy atom. The third-order valence-electron chi connectivity index (χ3n) is 2.85. The Bertz CT molecular complexity index is 425. The van der Waals surface area contributed by atoms with E-state index in [1.807, 2.05) is 12.3 Å². The van der Waals surface area contributed by atoms with Crippen LogP contribution in [-0.4, -0.2) is 37.1 Å². The van der Waals surface area contributed by atoms with Crippen LogP contribution in [0.15, 0.2) is 16.8 Å². The Labute approximate surface area is 110 Å². The lowest BCUT2D eigenvalue weighted by Crippen LogP contribution is -2.49. The molecule has 1 aliphatic heterocycles. The molecule has 2 heterocycles. The Kier molecular flexibility index (Phi) is 3.98. The minimum Gasteiger partial charge on any atom is -0.379 e. The van der Waals surface area contributed by atoms with E-state index in [0.29, 0.717) is 18.8 Å². The number of thiophene rings is 1. The Balaban J connectivity index is 1.76. The minimum atomic E-state index is -0.301. The zero-order valence-corrected chi connectivity index (χ0v) is 11.0. The normalized spacial score (nSPS) is 22.7. The van der Waals surface area contributed by atoms with Gasteiger partial charge in [-0.25, -0.2) is 0 Å². The Hall–Kier alpha value is -1.40. The molecule has 1 aliphatic rings. The van der Waals surface area contributed by atoms with Crippen molar-refractivity contribution < 1.29 is 14.3 Å². The van der Waals surface area contributed by atoms with Crippen LogP contribution in [-0.2, 0) is 9.53 Å². The van der Waals surface area contributed by atoms with Crippen LogP contribution in [0.2, 0.25) is 0 Å². The van der Waals surface area contributed by atoms with Crippen LogP contribution in [0, 0.1) is 0 Å². The summed E-state index contributed by atoms with van der Waals surface area (Å²) in [4.78, 5) is 23.3. The smallest absolute Gasteiger partial charge is 0.252 e. The van der Waals surface area contributed by atoms with E-state index in [9.17, 15) is 9.59 Å². The lowest BCUT2D eigenvalue weighted by molar-refractivity contribution is -0.121. The van der Waals surface area contributed by atoms with Crippen molar-refractivity contribution in [2.75, 3.05) is 19.8 Å². The van der Waals surface area contributed by atoms with Gasteiger partial charge < -0.3 is 15.4 Å².